The number of hydrogen-bond donors (Lipinski definition) is 1. The zero-order valence-electron chi connectivity index (χ0n) is 20.9. The number of rotatable bonds is 6. The van der Waals surface area contributed by atoms with Crippen LogP contribution in [0.1, 0.15) is 49.7 Å². The van der Waals surface area contributed by atoms with E-state index in [4.69, 9.17) is 0 Å². The van der Waals surface area contributed by atoms with Gasteiger partial charge in [-0.1, -0.05) is 33.8 Å². The summed E-state index contributed by atoms with van der Waals surface area (Å²) in [5, 5.41) is 11.2. The summed E-state index contributed by atoms with van der Waals surface area (Å²) in [7, 11) is 0. The van der Waals surface area contributed by atoms with Crippen molar-refractivity contribution in [3.05, 3.63) is 72.5 Å². The van der Waals surface area contributed by atoms with E-state index in [1.807, 2.05) is 38.7 Å². The number of benzene rings is 1. The van der Waals surface area contributed by atoms with Crippen LogP contribution in [0.5, 0.6) is 0 Å². The number of piperazine rings is 1. The number of hydrogen-bond acceptors (Lipinski definition) is 7. The molecule has 0 spiro atoms. The summed E-state index contributed by atoms with van der Waals surface area (Å²) in [5.74, 6) is -0.195. The summed E-state index contributed by atoms with van der Waals surface area (Å²) in [6.07, 6.45) is 0. The second-order valence-electron chi connectivity index (χ2n) is 9.77. The van der Waals surface area contributed by atoms with Crippen LogP contribution in [0.15, 0.2) is 39.9 Å². The van der Waals surface area contributed by atoms with Gasteiger partial charge in [0.1, 0.15) is 0 Å². The van der Waals surface area contributed by atoms with E-state index in [2.05, 4.69) is 9.97 Å². The standard InChI is InChI=1S/C25H30N6O5/c1-15(2)14-30-22-21(23(32)27-25(30)34)19(13-20(26-22)16(3)4)24(33)29-10-8-28(9-11-29)17-6-5-7-18(12-17)31(35)36/h5-7,12-13,15-16H,8-11,14H2,1-4H3,(H,27,32,34). The highest BCUT2D eigenvalue weighted by Crippen LogP contribution is 2.25. The normalized spacial score (nSPS) is 14.2. The van der Waals surface area contributed by atoms with Gasteiger partial charge in [-0.25, -0.2) is 9.78 Å². The Kier molecular flexibility index (Phi) is 6.91. The van der Waals surface area contributed by atoms with Crippen LogP contribution in [0.4, 0.5) is 11.4 Å². The lowest BCUT2D eigenvalue weighted by molar-refractivity contribution is -0.384. The van der Waals surface area contributed by atoms with Crippen molar-refractivity contribution in [2.45, 2.75) is 40.2 Å². The number of amides is 1. The van der Waals surface area contributed by atoms with Crippen LogP contribution in [0, 0.1) is 16.0 Å². The first-order chi connectivity index (χ1) is 17.1. The number of aromatic nitrogens is 3. The average molecular weight is 495 g/mol. The van der Waals surface area contributed by atoms with Crippen LogP contribution < -0.4 is 16.1 Å². The lowest BCUT2D eigenvalue weighted by Crippen LogP contribution is -2.49. The fourth-order valence-corrected chi connectivity index (χ4v) is 4.43. The van der Waals surface area contributed by atoms with Crippen LogP contribution >= 0.6 is 0 Å². The number of nitrogens with one attached hydrogen (secondary N) is 1. The molecule has 1 aliphatic rings. The van der Waals surface area contributed by atoms with Gasteiger partial charge in [0, 0.05) is 56.2 Å². The Hall–Kier alpha value is -4.02. The zero-order valence-corrected chi connectivity index (χ0v) is 20.9. The molecule has 1 aromatic carbocycles. The minimum Gasteiger partial charge on any atom is -0.368 e. The Labute approximate surface area is 207 Å². The first kappa shape index (κ1) is 25.1. The molecular formula is C25H30N6O5. The van der Waals surface area contributed by atoms with Crippen molar-refractivity contribution in [2.75, 3.05) is 31.1 Å². The van der Waals surface area contributed by atoms with Gasteiger partial charge in [0.05, 0.1) is 15.9 Å². The van der Waals surface area contributed by atoms with E-state index in [1.54, 1.807) is 17.0 Å². The number of nitro benzene ring substituents is 1. The molecule has 1 saturated heterocycles. The highest BCUT2D eigenvalue weighted by Gasteiger charge is 2.27. The van der Waals surface area contributed by atoms with Crippen molar-refractivity contribution in [3.8, 4) is 0 Å². The fourth-order valence-electron chi connectivity index (χ4n) is 4.43. The number of carbonyl (C=O) groups is 1. The monoisotopic (exact) mass is 494 g/mol. The van der Waals surface area contributed by atoms with Crippen LogP contribution in [0.3, 0.4) is 0 Å². The van der Waals surface area contributed by atoms with Crippen LogP contribution in [0.2, 0.25) is 0 Å². The maximum absolute atomic E-state index is 13.7. The van der Waals surface area contributed by atoms with E-state index in [1.165, 1.54) is 16.7 Å². The van der Waals surface area contributed by atoms with Crippen molar-refractivity contribution >= 4 is 28.3 Å². The minimum absolute atomic E-state index is 0.0159. The second-order valence-corrected chi connectivity index (χ2v) is 9.77. The fraction of sp³-hybridized carbons (Fsp3) is 0.440. The van der Waals surface area contributed by atoms with E-state index in [0.717, 1.165) is 5.69 Å². The lowest BCUT2D eigenvalue weighted by Gasteiger charge is -2.36. The third-order valence-electron chi connectivity index (χ3n) is 6.31. The van der Waals surface area contributed by atoms with Gasteiger partial charge in [-0.05, 0) is 24.0 Å². The number of H-pyrrole nitrogens is 1. The van der Waals surface area contributed by atoms with Gasteiger partial charge in [-0.15, -0.1) is 0 Å². The van der Waals surface area contributed by atoms with Gasteiger partial charge in [0.2, 0.25) is 0 Å². The van der Waals surface area contributed by atoms with E-state index in [0.29, 0.717) is 38.4 Å². The van der Waals surface area contributed by atoms with Crippen molar-refractivity contribution in [1.29, 1.82) is 0 Å². The predicted molar refractivity (Wildman–Crippen MR) is 137 cm³/mol. The smallest absolute Gasteiger partial charge is 0.330 e. The number of aromatic amines is 1. The molecule has 190 valence electrons. The van der Waals surface area contributed by atoms with E-state index in [9.17, 15) is 24.5 Å². The van der Waals surface area contributed by atoms with Gasteiger partial charge < -0.3 is 9.80 Å². The molecule has 0 radical (unpaired) electrons. The van der Waals surface area contributed by atoms with E-state index in [-0.39, 0.29) is 40.0 Å². The van der Waals surface area contributed by atoms with E-state index >= 15 is 0 Å². The molecular weight excluding hydrogens is 464 g/mol. The first-order valence-electron chi connectivity index (χ1n) is 12.0. The van der Waals surface area contributed by atoms with Gasteiger partial charge >= 0.3 is 5.69 Å². The molecule has 3 heterocycles. The Morgan fingerprint density at radius 2 is 1.81 bits per heavy atom. The molecule has 0 atom stereocenters. The molecule has 11 nitrogen and oxygen atoms in total. The molecule has 0 unspecified atom stereocenters. The number of carbonyl (C=O) groups excluding carboxylic acids is 1. The topological polar surface area (TPSA) is 134 Å². The molecule has 3 aromatic rings. The summed E-state index contributed by atoms with van der Waals surface area (Å²) in [6.45, 7) is 9.90. The van der Waals surface area contributed by atoms with Crippen LogP contribution in [0.25, 0.3) is 11.0 Å². The molecule has 1 aliphatic heterocycles. The minimum atomic E-state index is -0.628. The summed E-state index contributed by atoms with van der Waals surface area (Å²) < 4.78 is 1.43. The highest BCUT2D eigenvalue weighted by atomic mass is 16.6. The van der Waals surface area contributed by atoms with Crippen molar-refractivity contribution < 1.29 is 9.72 Å². The van der Waals surface area contributed by atoms with Crippen molar-refractivity contribution in [3.63, 3.8) is 0 Å². The number of fused-ring (bicyclic) bond motifs is 1. The van der Waals surface area contributed by atoms with Crippen LogP contribution in [-0.2, 0) is 6.54 Å². The van der Waals surface area contributed by atoms with Gasteiger partial charge in [0.15, 0.2) is 5.65 Å². The van der Waals surface area contributed by atoms with Crippen molar-refractivity contribution in [2.24, 2.45) is 5.92 Å². The Morgan fingerprint density at radius 1 is 1.11 bits per heavy atom. The van der Waals surface area contributed by atoms with Gasteiger partial charge in [-0.3, -0.25) is 29.3 Å². The highest BCUT2D eigenvalue weighted by molar-refractivity contribution is 6.05. The number of nitro groups is 1. The third-order valence-corrected chi connectivity index (χ3v) is 6.31. The Morgan fingerprint density at radius 3 is 2.42 bits per heavy atom. The largest absolute Gasteiger partial charge is 0.368 e. The molecule has 0 bridgehead atoms. The Bertz CT molecular complexity index is 1430. The lowest BCUT2D eigenvalue weighted by atomic mass is 10.0. The average Bonchev–Trinajstić information content (AvgIpc) is 2.85. The van der Waals surface area contributed by atoms with Crippen molar-refractivity contribution in [1.82, 2.24) is 19.4 Å². The Balaban J connectivity index is 1.69. The number of nitrogens with zero attached hydrogens (tertiary/aromatic N) is 5. The maximum Gasteiger partial charge on any atom is 0.330 e. The first-order valence-corrected chi connectivity index (χ1v) is 12.0. The summed E-state index contributed by atoms with van der Waals surface area (Å²) >= 11 is 0. The molecule has 1 N–H and O–H groups in total. The molecule has 1 fully saturated rings. The van der Waals surface area contributed by atoms with E-state index < -0.39 is 16.2 Å². The summed E-state index contributed by atoms with van der Waals surface area (Å²) in [6, 6.07) is 8.08. The molecule has 36 heavy (non-hydrogen) atoms. The van der Waals surface area contributed by atoms with Crippen LogP contribution in [-0.4, -0.2) is 56.4 Å². The quantitative estimate of drug-likeness (QED) is 0.411. The molecule has 0 saturated carbocycles. The van der Waals surface area contributed by atoms with Gasteiger partial charge in [0.25, 0.3) is 17.2 Å². The molecule has 4 rings (SSSR count). The third kappa shape index (κ3) is 4.86. The molecule has 11 heteroatoms. The second kappa shape index (κ2) is 9.92. The summed E-state index contributed by atoms with van der Waals surface area (Å²) in [5.41, 5.74) is 0.649. The number of pyridine rings is 1. The number of anilines is 1. The SMILES string of the molecule is CC(C)Cn1c(=O)[nH]c(=O)c2c(C(=O)N3CCN(c4cccc([N+](=O)[O-])c4)CC3)cc(C(C)C)nc21. The predicted octanol–water partition coefficient (Wildman–Crippen LogP) is 2.73. The molecule has 1 amide bonds. The molecule has 2 aromatic heterocycles. The number of non-ortho nitro benzene ring substituents is 1. The summed E-state index contributed by atoms with van der Waals surface area (Å²) in [4.78, 5) is 60.6. The maximum atomic E-state index is 13.7. The zero-order chi connectivity index (χ0) is 26.1. The van der Waals surface area contributed by atoms with Gasteiger partial charge in [-0.2, -0.15) is 0 Å². The molecule has 0 aliphatic carbocycles.